The smallest absolute Gasteiger partial charge is 0.129 e. The van der Waals surface area contributed by atoms with E-state index in [1.54, 1.807) is 0 Å². The van der Waals surface area contributed by atoms with Gasteiger partial charge >= 0.3 is 0 Å². The van der Waals surface area contributed by atoms with Crippen molar-refractivity contribution in [3.63, 3.8) is 0 Å². The minimum atomic E-state index is -0.242. The topological polar surface area (TPSA) is 6.48 Å². The van der Waals surface area contributed by atoms with Gasteiger partial charge in [0.1, 0.15) is 6.17 Å². The molecule has 36 heavy (non-hydrogen) atoms. The number of para-hydroxylation sites is 1. The minimum Gasteiger partial charge on any atom is -0.347 e. The van der Waals surface area contributed by atoms with Crippen LogP contribution in [-0.2, 0) is 5.41 Å². The van der Waals surface area contributed by atoms with Crippen molar-refractivity contribution in [2.45, 2.75) is 51.4 Å². The predicted molar refractivity (Wildman–Crippen MR) is 150 cm³/mol. The van der Waals surface area contributed by atoms with Crippen molar-refractivity contribution in [3.05, 3.63) is 149 Å². The van der Waals surface area contributed by atoms with Gasteiger partial charge in [-0.05, 0) is 67.8 Å². The number of aryl methyl sites for hydroxylation is 3. The number of fused-ring (bicyclic) bond motifs is 1. The van der Waals surface area contributed by atoms with Crippen LogP contribution in [0.25, 0.3) is 0 Å². The van der Waals surface area contributed by atoms with Gasteiger partial charge in [0, 0.05) is 11.3 Å². The Balaban J connectivity index is 1.62. The monoisotopic (exact) mass is 470 g/mol. The van der Waals surface area contributed by atoms with Gasteiger partial charge in [0.25, 0.3) is 0 Å². The average molecular weight is 471 g/mol. The molecule has 180 valence electrons. The fraction of sp³-hybridized carbons (Fsp3) is 0.235. The first kappa shape index (κ1) is 22.7. The highest BCUT2D eigenvalue weighted by atomic mass is 15.5. The average Bonchev–Trinajstić information content (AvgIpc) is 3.43. The van der Waals surface area contributed by atoms with Crippen molar-refractivity contribution in [3.8, 4) is 0 Å². The molecule has 4 aromatic carbocycles. The normalized spacial score (nSPS) is 22.2. The van der Waals surface area contributed by atoms with Crippen LogP contribution >= 0.6 is 0 Å². The van der Waals surface area contributed by atoms with Gasteiger partial charge in [0.05, 0.1) is 17.5 Å². The van der Waals surface area contributed by atoms with E-state index in [0.29, 0.717) is 0 Å². The molecule has 0 aliphatic carbocycles. The highest BCUT2D eigenvalue weighted by Gasteiger charge is 2.58. The highest BCUT2D eigenvalue weighted by Crippen LogP contribution is 2.55. The van der Waals surface area contributed by atoms with Crippen molar-refractivity contribution in [2.75, 3.05) is 4.90 Å². The zero-order chi connectivity index (χ0) is 24.9. The second-order valence-corrected chi connectivity index (χ2v) is 10.4. The third-order valence-corrected chi connectivity index (χ3v) is 8.44. The Bertz CT molecular complexity index is 1350. The fourth-order valence-corrected chi connectivity index (χ4v) is 6.87. The molecule has 0 radical (unpaired) electrons. The summed E-state index contributed by atoms with van der Waals surface area (Å²) >= 11 is 0. The van der Waals surface area contributed by atoms with Gasteiger partial charge in [-0.3, -0.25) is 0 Å². The van der Waals surface area contributed by atoms with Gasteiger partial charge in [-0.15, -0.1) is 0 Å². The van der Waals surface area contributed by atoms with Gasteiger partial charge < -0.3 is 9.80 Å². The van der Waals surface area contributed by atoms with E-state index in [2.05, 4.69) is 153 Å². The van der Waals surface area contributed by atoms with Crippen LogP contribution in [0.3, 0.4) is 0 Å². The van der Waals surface area contributed by atoms with E-state index in [4.69, 9.17) is 0 Å². The summed E-state index contributed by atoms with van der Waals surface area (Å²) in [6.45, 7) is 9.19. The summed E-state index contributed by atoms with van der Waals surface area (Å²) in [4.78, 5) is 5.33. The van der Waals surface area contributed by atoms with Gasteiger partial charge in [-0.25, -0.2) is 0 Å². The fourth-order valence-electron chi connectivity index (χ4n) is 6.87. The van der Waals surface area contributed by atoms with Crippen LogP contribution in [0.1, 0.15) is 46.5 Å². The lowest BCUT2D eigenvalue weighted by molar-refractivity contribution is 0.252. The van der Waals surface area contributed by atoms with Gasteiger partial charge in [-0.1, -0.05) is 103 Å². The summed E-state index contributed by atoms with van der Waals surface area (Å²) in [6, 6.07) is 38.2. The van der Waals surface area contributed by atoms with Gasteiger partial charge in [0.15, 0.2) is 0 Å². The maximum Gasteiger partial charge on any atom is 0.129 e. The van der Waals surface area contributed by atoms with Crippen molar-refractivity contribution < 1.29 is 0 Å². The van der Waals surface area contributed by atoms with Gasteiger partial charge in [-0.2, -0.15) is 0 Å². The summed E-state index contributed by atoms with van der Waals surface area (Å²) in [5.74, 6) is 0. The molecule has 4 aromatic rings. The molecule has 0 N–H and O–H groups in total. The molecule has 3 atom stereocenters. The summed E-state index contributed by atoms with van der Waals surface area (Å²) < 4.78 is 0. The number of anilines is 1. The molecule has 2 heterocycles. The van der Waals surface area contributed by atoms with Gasteiger partial charge in [0.2, 0.25) is 0 Å². The maximum atomic E-state index is 2.68. The Morgan fingerprint density at radius 3 is 1.72 bits per heavy atom. The lowest BCUT2D eigenvalue weighted by Gasteiger charge is -2.39. The molecular formula is C34H34N2. The molecule has 0 saturated carbocycles. The van der Waals surface area contributed by atoms with Crippen LogP contribution in [-0.4, -0.2) is 17.0 Å². The summed E-state index contributed by atoms with van der Waals surface area (Å²) in [6.07, 6.45) is 4.97. The Morgan fingerprint density at radius 1 is 0.611 bits per heavy atom. The molecule has 0 amide bonds. The summed E-state index contributed by atoms with van der Waals surface area (Å²) in [5, 5.41) is 0. The molecule has 2 nitrogen and oxygen atoms in total. The van der Waals surface area contributed by atoms with Crippen LogP contribution in [0.4, 0.5) is 5.69 Å². The molecule has 1 fully saturated rings. The van der Waals surface area contributed by atoms with E-state index < -0.39 is 0 Å². The minimum absolute atomic E-state index is 0.123. The standard InChI is InChI=1S/C34H34N2/c1-24-14-11-12-21-30(24)36-27(4)32-34(28-17-7-5-8-18-28,29-19-9-6-10-20-29)22-23-35(32)33(36)31-25(2)15-13-16-26(31)3/h5-23,27,32-33H,1-4H3/t27-,32?,33?/m0/s1. The van der Waals surface area contributed by atoms with E-state index in [1.165, 1.54) is 39.1 Å². The Kier molecular flexibility index (Phi) is 5.48. The third kappa shape index (κ3) is 3.24. The lowest BCUT2D eigenvalue weighted by Crippen LogP contribution is -2.47. The molecule has 6 rings (SSSR count). The quantitative estimate of drug-likeness (QED) is 0.301. The summed E-state index contributed by atoms with van der Waals surface area (Å²) in [5.41, 5.74) is 9.18. The number of hydrogen-bond acceptors (Lipinski definition) is 2. The molecule has 2 unspecified atom stereocenters. The molecule has 0 spiro atoms. The highest BCUT2D eigenvalue weighted by molar-refractivity contribution is 5.62. The molecule has 1 saturated heterocycles. The van der Waals surface area contributed by atoms with Crippen molar-refractivity contribution in [1.82, 2.24) is 4.90 Å². The molecule has 2 aliphatic rings. The van der Waals surface area contributed by atoms with E-state index >= 15 is 0 Å². The summed E-state index contributed by atoms with van der Waals surface area (Å²) in [7, 11) is 0. The largest absolute Gasteiger partial charge is 0.347 e. The third-order valence-electron chi connectivity index (χ3n) is 8.44. The molecule has 0 aromatic heterocycles. The van der Waals surface area contributed by atoms with Crippen molar-refractivity contribution >= 4 is 5.69 Å². The SMILES string of the molecule is Cc1ccccc1N1C(c2c(C)cccc2C)N2C=CC(c3ccccc3)(c3ccccc3)C2[C@@H]1C. The predicted octanol–water partition coefficient (Wildman–Crippen LogP) is 7.70. The Hall–Kier alpha value is -3.78. The van der Waals surface area contributed by atoms with E-state index in [0.717, 1.165) is 0 Å². The number of benzene rings is 4. The first-order chi connectivity index (χ1) is 17.5. The van der Waals surface area contributed by atoms with Crippen LogP contribution in [0.2, 0.25) is 0 Å². The van der Waals surface area contributed by atoms with E-state index in [-0.39, 0.29) is 23.7 Å². The first-order valence-corrected chi connectivity index (χ1v) is 13.0. The van der Waals surface area contributed by atoms with Crippen molar-refractivity contribution in [1.29, 1.82) is 0 Å². The second-order valence-electron chi connectivity index (χ2n) is 10.4. The number of hydrogen-bond donors (Lipinski definition) is 0. The van der Waals surface area contributed by atoms with Crippen molar-refractivity contribution in [2.24, 2.45) is 0 Å². The molecule has 2 aliphatic heterocycles. The van der Waals surface area contributed by atoms with Crippen LogP contribution in [0, 0.1) is 20.8 Å². The number of rotatable bonds is 4. The second kappa shape index (κ2) is 8.71. The zero-order valence-electron chi connectivity index (χ0n) is 21.6. The van der Waals surface area contributed by atoms with E-state index in [9.17, 15) is 0 Å². The van der Waals surface area contributed by atoms with E-state index in [1.807, 2.05) is 0 Å². The van der Waals surface area contributed by atoms with Crippen LogP contribution < -0.4 is 4.90 Å². The zero-order valence-corrected chi connectivity index (χ0v) is 21.6. The number of nitrogens with zero attached hydrogens (tertiary/aromatic N) is 2. The maximum absolute atomic E-state index is 2.68. The molecule has 2 heteroatoms. The van der Waals surface area contributed by atoms with Crippen LogP contribution in [0.5, 0.6) is 0 Å². The Labute approximate surface area is 215 Å². The van der Waals surface area contributed by atoms with Crippen LogP contribution in [0.15, 0.2) is 115 Å². The molecular weight excluding hydrogens is 436 g/mol. The first-order valence-electron chi connectivity index (χ1n) is 13.0. The lowest BCUT2D eigenvalue weighted by atomic mass is 9.68. The Morgan fingerprint density at radius 2 is 1.14 bits per heavy atom. The molecule has 0 bridgehead atoms.